The van der Waals surface area contributed by atoms with Crippen LogP contribution in [0.4, 0.5) is 10.1 Å². The van der Waals surface area contributed by atoms with E-state index in [0.717, 1.165) is 12.3 Å². The summed E-state index contributed by atoms with van der Waals surface area (Å²) in [5.74, 6) is -1.24. The van der Waals surface area contributed by atoms with Crippen molar-refractivity contribution in [2.75, 3.05) is 0 Å². The minimum Gasteiger partial charge on any atom is -0.267 e. The fraction of sp³-hybridized carbons (Fsp3) is 0.0667. The molecule has 0 saturated heterocycles. The molecule has 23 heavy (non-hydrogen) atoms. The molecule has 0 fully saturated rings. The molecule has 0 atom stereocenters. The van der Waals surface area contributed by atoms with Gasteiger partial charge in [-0.3, -0.25) is 14.9 Å². The number of aryl methyl sites for hydroxylation is 1. The predicted octanol–water partition coefficient (Wildman–Crippen LogP) is 3.46. The van der Waals surface area contributed by atoms with Crippen molar-refractivity contribution in [2.45, 2.75) is 6.92 Å². The number of hydrogen-bond donors (Lipinski definition) is 1. The lowest BCUT2D eigenvalue weighted by molar-refractivity contribution is -0.385. The van der Waals surface area contributed by atoms with Crippen LogP contribution in [0.25, 0.3) is 0 Å². The van der Waals surface area contributed by atoms with Crippen LogP contribution >= 0.6 is 11.6 Å². The molecule has 0 bridgehead atoms. The van der Waals surface area contributed by atoms with E-state index in [-0.39, 0.29) is 21.8 Å². The standard InChI is InChI=1S/C15H11ClFN3O3/c1-9-5-6-10(7-14(9)20(22)23)15(21)19-18-8-11-12(16)3-2-4-13(11)17/h2-8H,1H3,(H,19,21). The highest BCUT2D eigenvalue weighted by atomic mass is 35.5. The number of halogens is 2. The molecule has 2 rings (SSSR count). The molecule has 1 amide bonds. The SMILES string of the molecule is Cc1ccc(C(=O)NN=Cc2c(F)cccc2Cl)cc1[N+](=O)[O-]. The maximum atomic E-state index is 13.5. The zero-order valence-corrected chi connectivity index (χ0v) is 12.7. The van der Waals surface area contributed by atoms with Crippen LogP contribution in [0.1, 0.15) is 21.5 Å². The van der Waals surface area contributed by atoms with Crippen molar-refractivity contribution in [3.05, 3.63) is 74.0 Å². The van der Waals surface area contributed by atoms with Gasteiger partial charge >= 0.3 is 0 Å². The highest BCUT2D eigenvalue weighted by molar-refractivity contribution is 6.33. The van der Waals surface area contributed by atoms with Crippen molar-refractivity contribution in [1.82, 2.24) is 5.43 Å². The average molecular weight is 336 g/mol. The summed E-state index contributed by atoms with van der Waals surface area (Å²) in [6.07, 6.45) is 1.07. The van der Waals surface area contributed by atoms with Crippen molar-refractivity contribution >= 4 is 29.4 Å². The maximum Gasteiger partial charge on any atom is 0.273 e. The molecule has 0 heterocycles. The summed E-state index contributed by atoms with van der Waals surface area (Å²) in [6, 6.07) is 8.18. The molecule has 0 aliphatic heterocycles. The van der Waals surface area contributed by atoms with Crippen molar-refractivity contribution in [1.29, 1.82) is 0 Å². The maximum absolute atomic E-state index is 13.5. The molecule has 0 aliphatic carbocycles. The smallest absolute Gasteiger partial charge is 0.267 e. The number of nitro groups is 1. The van der Waals surface area contributed by atoms with Crippen LogP contribution < -0.4 is 5.43 Å². The van der Waals surface area contributed by atoms with Gasteiger partial charge in [-0.1, -0.05) is 23.7 Å². The van der Waals surface area contributed by atoms with Crippen LogP contribution in [-0.4, -0.2) is 17.0 Å². The highest BCUT2D eigenvalue weighted by Crippen LogP contribution is 2.19. The van der Waals surface area contributed by atoms with Gasteiger partial charge in [-0.15, -0.1) is 0 Å². The van der Waals surface area contributed by atoms with E-state index in [1.807, 2.05) is 0 Å². The topological polar surface area (TPSA) is 84.6 Å². The van der Waals surface area contributed by atoms with Gasteiger partial charge in [0.15, 0.2) is 0 Å². The number of benzene rings is 2. The Morgan fingerprint density at radius 1 is 1.39 bits per heavy atom. The first-order valence-corrected chi connectivity index (χ1v) is 6.80. The molecule has 0 unspecified atom stereocenters. The Hall–Kier alpha value is -2.80. The largest absolute Gasteiger partial charge is 0.273 e. The molecule has 6 nitrogen and oxygen atoms in total. The van der Waals surface area contributed by atoms with E-state index in [1.54, 1.807) is 6.92 Å². The number of carbonyl (C=O) groups is 1. The monoisotopic (exact) mass is 335 g/mol. The van der Waals surface area contributed by atoms with Gasteiger partial charge in [0.25, 0.3) is 11.6 Å². The van der Waals surface area contributed by atoms with Crippen LogP contribution in [0.5, 0.6) is 0 Å². The van der Waals surface area contributed by atoms with Gasteiger partial charge < -0.3 is 0 Å². The zero-order chi connectivity index (χ0) is 17.0. The molecule has 1 N–H and O–H groups in total. The first-order valence-electron chi connectivity index (χ1n) is 6.42. The fourth-order valence-electron chi connectivity index (χ4n) is 1.80. The number of nitrogens with one attached hydrogen (secondary N) is 1. The van der Waals surface area contributed by atoms with Crippen LogP contribution in [-0.2, 0) is 0 Å². The number of amides is 1. The molecule has 118 valence electrons. The van der Waals surface area contributed by atoms with Crippen LogP contribution in [0.2, 0.25) is 5.02 Å². The lowest BCUT2D eigenvalue weighted by Crippen LogP contribution is -2.18. The molecule has 2 aromatic carbocycles. The third kappa shape index (κ3) is 3.89. The number of nitrogens with zero attached hydrogens (tertiary/aromatic N) is 2. The van der Waals surface area contributed by atoms with E-state index in [2.05, 4.69) is 10.5 Å². The quantitative estimate of drug-likeness (QED) is 0.527. The second-order valence-corrected chi connectivity index (χ2v) is 5.00. The number of carbonyl (C=O) groups excluding carboxylic acids is 1. The normalized spacial score (nSPS) is 10.7. The van der Waals surface area contributed by atoms with Crippen molar-refractivity contribution in [3.8, 4) is 0 Å². The Bertz CT molecular complexity index is 788. The van der Waals surface area contributed by atoms with Gasteiger partial charge in [-0.2, -0.15) is 5.10 Å². The molecular weight excluding hydrogens is 325 g/mol. The summed E-state index contributed by atoms with van der Waals surface area (Å²) in [5.41, 5.74) is 2.54. The molecule has 0 aromatic heterocycles. The van der Waals surface area contributed by atoms with Crippen molar-refractivity contribution in [3.63, 3.8) is 0 Å². The first-order chi connectivity index (χ1) is 10.9. The third-order valence-corrected chi connectivity index (χ3v) is 3.36. The van der Waals surface area contributed by atoms with Gasteiger partial charge in [-0.05, 0) is 25.1 Å². The number of hydrazone groups is 1. The van der Waals surface area contributed by atoms with Gasteiger partial charge in [-0.25, -0.2) is 9.82 Å². The summed E-state index contributed by atoms with van der Waals surface area (Å²) in [5, 5.41) is 14.6. The lowest BCUT2D eigenvalue weighted by Gasteiger charge is -2.02. The average Bonchev–Trinajstić information content (AvgIpc) is 2.50. The molecule has 8 heteroatoms. The summed E-state index contributed by atoms with van der Waals surface area (Å²) >= 11 is 5.82. The second kappa shape index (κ2) is 6.97. The number of rotatable bonds is 4. The van der Waals surface area contributed by atoms with Crippen molar-refractivity contribution in [2.24, 2.45) is 5.10 Å². The van der Waals surface area contributed by atoms with Gasteiger partial charge in [0.2, 0.25) is 0 Å². The third-order valence-electron chi connectivity index (χ3n) is 3.03. The van der Waals surface area contributed by atoms with E-state index in [1.165, 1.54) is 30.3 Å². The molecule has 0 spiro atoms. The molecule has 0 saturated carbocycles. The Labute approximate surface area is 135 Å². The fourth-order valence-corrected chi connectivity index (χ4v) is 2.01. The predicted molar refractivity (Wildman–Crippen MR) is 84.3 cm³/mol. The minimum absolute atomic E-state index is 0.0318. The van der Waals surface area contributed by atoms with Crippen LogP contribution in [0.3, 0.4) is 0 Å². The highest BCUT2D eigenvalue weighted by Gasteiger charge is 2.14. The van der Waals surface area contributed by atoms with Crippen molar-refractivity contribution < 1.29 is 14.1 Å². The van der Waals surface area contributed by atoms with Crippen LogP contribution in [0, 0.1) is 22.9 Å². The molecular formula is C15H11ClFN3O3. The molecule has 0 radical (unpaired) electrons. The van der Waals surface area contributed by atoms with E-state index >= 15 is 0 Å². The van der Waals surface area contributed by atoms with Gasteiger partial charge in [0, 0.05) is 22.8 Å². The number of nitro benzene ring substituents is 1. The van der Waals surface area contributed by atoms with E-state index in [9.17, 15) is 19.3 Å². The zero-order valence-electron chi connectivity index (χ0n) is 11.9. The number of hydrogen-bond acceptors (Lipinski definition) is 4. The Morgan fingerprint density at radius 2 is 2.13 bits per heavy atom. The minimum atomic E-state index is -0.656. The van der Waals surface area contributed by atoms with Crippen LogP contribution in [0.15, 0.2) is 41.5 Å². The summed E-state index contributed by atoms with van der Waals surface area (Å²) < 4.78 is 13.5. The van der Waals surface area contributed by atoms with E-state index < -0.39 is 16.6 Å². The Balaban J connectivity index is 2.15. The second-order valence-electron chi connectivity index (χ2n) is 4.59. The summed E-state index contributed by atoms with van der Waals surface area (Å²) in [7, 11) is 0. The first kappa shape index (κ1) is 16.6. The lowest BCUT2D eigenvalue weighted by atomic mass is 10.1. The van der Waals surface area contributed by atoms with Gasteiger partial charge in [0.1, 0.15) is 5.82 Å². The van der Waals surface area contributed by atoms with E-state index in [4.69, 9.17) is 11.6 Å². The Morgan fingerprint density at radius 3 is 2.78 bits per heavy atom. The molecule has 0 aliphatic rings. The van der Waals surface area contributed by atoms with E-state index in [0.29, 0.717) is 5.56 Å². The Kier molecular flexibility index (Phi) is 5.02. The molecule has 2 aromatic rings. The van der Waals surface area contributed by atoms with Gasteiger partial charge in [0.05, 0.1) is 16.2 Å². The summed E-state index contributed by atoms with van der Waals surface area (Å²) in [6.45, 7) is 1.57. The summed E-state index contributed by atoms with van der Waals surface area (Å²) in [4.78, 5) is 22.2.